The highest BCUT2D eigenvalue weighted by atomic mass is 79.9. The van der Waals surface area contributed by atoms with Gasteiger partial charge in [0.05, 0.1) is 0 Å². The Morgan fingerprint density at radius 1 is 1.50 bits per heavy atom. The van der Waals surface area contributed by atoms with Crippen LogP contribution in [-0.2, 0) is 0 Å². The highest BCUT2D eigenvalue weighted by Crippen LogP contribution is 2.19. The maximum Gasteiger partial charge on any atom is 0.0422 e. The Hall–Kier alpha value is -0.380. The maximum absolute atomic E-state index is 5.80. The third kappa shape index (κ3) is 2.06. The number of hydrogen-bond acceptors (Lipinski definition) is 2. The molecule has 0 aliphatic heterocycles. The standard InChI is InChI=1S/C9H13BrN2/c1-6-4-7(10)2-3-8(6)9(12)5-11/h2-4,9H,5,11-12H2,1H3/t9-/m0/s1. The van der Waals surface area contributed by atoms with E-state index in [4.69, 9.17) is 11.5 Å². The van der Waals surface area contributed by atoms with Gasteiger partial charge in [-0.1, -0.05) is 22.0 Å². The summed E-state index contributed by atoms with van der Waals surface area (Å²) in [7, 11) is 0. The summed E-state index contributed by atoms with van der Waals surface area (Å²) in [4.78, 5) is 0. The number of benzene rings is 1. The molecule has 0 aromatic heterocycles. The van der Waals surface area contributed by atoms with Gasteiger partial charge in [-0.2, -0.15) is 0 Å². The summed E-state index contributed by atoms with van der Waals surface area (Å²) in [5.41, 5.74) is 13.6. The topological polar surface area (TPSA) is 52.0 Å². The van der Waals surface area contributed by atoms with Crippen molar-refractivity contribution in [2.24, 2.45) is 11.5 Å². The SMILES string of the molecule is Cc1cc(Br)ccc1[C@@H](N)CN. The second-order valence-electron chi connectivity index (χ2n) is 2.84. The molecule has 0 spiro atoms. The molecule has 0 saturated carbocycles. The molecule has 66 valence electrons. The predicted octanol–water partition coefficient (Wildman–Crippen LogP) is 1.72. The van der Waals surface area contributed by atoms with Crippen molar-refractivity contribution in [2.75, 3.05) is 6.54 Å². The van der Waals surface area contributed by atoms with E-state index in [1.165, 1.54) is 5.56 Å². The average Bonchev–Trinajstić information content (AvgIpc) is 2.03. The first-order valence-corrected chi connectivity index (χ1v) is 4.66. The van der Waals surface area contributed by atoms with Crippen LogP contribution in [-0.4, -0.2) is 6.54 Å². The smallest absolute Gasteiger partial charge is 0.0422 e. The molecule has 1 aromatic carbocycles. The van der Waals surface area contributed by atoms with Crippen molar-refractivity contribution in [1.29, 1.82) is 0 Å². The summed E-state index contributed by atoms with van der Waals surface area (Å²) in [5.74, 6) is 0. The zero-order valence-electron chi connectivity index (χ0n) is 7.05. The lowest BCUT2D eigenvalue weighted by molar-refractivity contribution is 0.731. The van der Waals surface area contributed by atoms with Gasteiger partial charge >= 0.3 is 0 Å². The molecule has 1 atom stereocenters. The Bertz CT molecular complexity index is 273. The van der Waals surface area contributed by atoms with Gasteiger partial charge in [0, 0.05) is 17.1 Å². The molecule has 0 radical (unpaired) electrons. The lowest BCUT2D eigenvalue weighted by Gasteiger charge is -2.12. The van der Waals surface area contributed by atoms with E-state index in [2.05, 4.69) is 15.9 Å². The van der Waals surface area contributed by atoms with Crippen molar-refractivity contribution in [3.63, 3.8) is 0 Å². The van der Waals surface area contributed by atoms with E-state index in [1.807, 2.05) is 25.1 Å². The molecule has 0 unspecified atom stereocenters. The summed E-state index contributed by atoms with van der Waals surface area (Å²) in [6.45, 7) is 2.53. The summed E-state index contributed by atoms with van der Waals surface area (Å²) in [6, 6.07) is 6.00. The fourth-order valence-electron chi connectivity index (χ4n) is 1.18. The van der Waals surface area contributed by atoms with Crippen molar-refractivity contribution >= 4 is 15.9 Å². The van der Waals surface area contributed by atoms with Crippen molar-refractivity contribution < 1.29 is 0 Å². The molecule has 0 saturated heterocycles. The van der Waals surface area contributed by atoms with Crippen LogP contribution >= 0.6 is 15.9 Å². The van der Waals surface area contributed by atoms with Crippen LogP contribution in [0.3, 0.4) is 0 Å². The van der Waals surface area contributed by atoms with Crippen molar-refractivity contribution in [3.8, 4) is 0 Å². The molecule has 0 aliphatic rings. The van der Waals surface area contributed by atoms with E-state index < -0.39 is 0 Å². The van der Waals surface area contributed by atoms with Gasteiger partial charge in [-0.25, -0.2) is 0 Å². The third-order valence-corrected chi connectivity index (χ3v) is 2.38. The minimum Gasteiger partial charge on any atom is -0.329 e. The highest BCUT2D eigenvalue weighted by Gasteiger charge is 2.06. The fourth-order valence-corrected chi connectivity index (χ4v) is 1.66. The zero-order chi connectivity index (χ0) is 9.14. The molecule has 0 heterocycles. The fraction of sp³-hybridized carbons (Fsp3) is 0.333. The van der Waals surface area contributed by atoms with E-state index in [1.54, 1.807) is 0 Å². The normalized spacial score (nSPS) is 13.0. The van der Waals surface area contributed by atoms with Gasteiger partial charge in [0.1, 0.15) is 0 Å². The van der Waals surface area contributed by atoms with Crippen molar-refractivity contribution in [1.82, 2.24) is 0 Å². The van der Waals surface area contributed by atoms with Crippen molar-refractivity contribution in [3.05, 3.63) is 33.8 Å². The van der Waals surface area contributed by atoms with E-state index >= 15 is 0 Å². The maximum atomic E-state index is 5.80. The van der Waals surface area contributed by atoms with Crippen LogP contribution in [0.15, 0.2) is 22.7 Å². The van der Waals surface area contributed by atoms with Crippen LogP contribution in [0.2, 0.25) is 0 Å². The quantitative estimate of drug-likeness (QED) is 0.811. The van der Waals surface area contributed by atoms with Crippen molar-refractivity contribution in [2.45, 2.75) is 13.0 Å². The second kappa shape index (κ2) is 4.03. The molecule has 2 nitrogen and oxygen atoms in total. The molecule has 4 N–H and O–H groups in total. The van der Waals surface area contributed by atoms with E-state index in [-0.39, 0.29) is 6.04 Å². The minimum absolute atomic E-state index is 0.0434. The second-order valence-corrected chi connectivity index (χ2v) is 3.76. The van der Waals surface area contributed by atoms with Crippen LogP contribution in [0.1, 0.15) is 17.2 Å². The Morgan fingerprint density at radius 3 is 2.67 bits per heavy atom. The molecule has 3 heteroatoms. The predicted molar refractivity (Wildman–Crippen MR) is 54.9 cm³/mol. The molecule has 0 bridgehead atoms. The summed E-state index contributed by atoms with van der Waals surface area (Å²) >= 11 is 3.40. The van der Waals surface area contributed by atoms with Gasteiger partial charge < -0.3 is 11.5 Å². The molecular formula is C9H13BrN2. The number of aryl methyl sites for hydroxylation is 1. The van der Waals surface area contributed by atoms with Gasteiger partial charge in [0.25, 0.3) is 0 Å². The Balaban J connectivity index is 3.01. The van der Waals surface area contributed by atoms with Crippen LogP contribution in [0.25, 0.3) is 0 Å². The first-order chi connectivity index (χ1) is 5.65. The number of rotatable bonds is 2. The molecule has 0 amide bonds. The number of nitrogens with two attached hydrogens (primary N) is 2. The molecular weight excluding hydrogens is 216 g/mol. The Kier molecular flexibility index (Phi) is 3.26. The molecule has 12 heavy (non-hydrogen) atoms. The molecule has 0 aliphatic carbocycles. The minimum atomic E-state index is -0.0434. The summed E-state index contributed by atoms with van der Waals surface area (Å²) in [5, 5.41) is 0. The van der Waals surface area contributed by atoms with Crippen LogP contribution in [0.4, 0.5) is 0 Å². The first kappa shape index (κ1) is 9.71. The van der Waals surface area contributed by atoms with Gasteiger partial charge in [0.2, 0.25) is 0 Å². The molecule has 0 fully saturated rings. The first-order valence-electron chi connectivity index (χ1n) is 3.87. The third-order valence-electron chi connectivity index (χ3n) is 1.89. The van der Waals surface area contributed by atoms with Crippen LogP contribution in [0.5, 0.6) is 0 Å². The van der Waals surface area contributed by atoms with Gasteiger partial charge in [-0.15, -0.1) is 0 Å². The van der Waals surface area contributed by atoms with E-state index in [9.17, 15) is 0 Å². The van der Waals surface area contributed by atoms with E-state index in [0.717, 1.165) is 10.0 Å². The van der Waals surface area contributed by atoms with Crippen LogP contribution in [0, 0.1) is 6.92 Å². The molecule has 1 aromatic rings. The summed E-state index contributed by atoms with van der Waals surface area (Å²) < 4.78 is 1.08. The lowest BCUT2D eigenvalue weighted by atomic mass is 10.0. The lowest BCUT2D eigenvalue weighted by Crippen LogP contribution is -2.21. The number of halogens is 1. The monoisotopic (exact) mass is 228 g/mol. The largest absolute Gasteiger partial charge is 0.329 e. The Labute approximate surface area is 81.1 Å². The van der Waals surface area contributed by atoms with Crippen LogP contribution < -0.4 is 11.5 Å². The van der Waals surface area contributed by atoms with Gasteiger partial charge in [-0.3, -0.25) is 0 Å². The zero-order valence-corrected chi connectivity index (χ0v) is 8.64. The number of hydrogen-bond donors (Lipinski definition) is 2. The van der Waals surface area contributed by atoms with E-state index in [0.29, 0.717) is 6.54 Å². The Morgan fingerprint density at radius 2 is 2.17 bits per heavy atom. The highest BCUT2D eigenvalue weighted by molar-refractivity contribution is 9.10. The van der Waals surface area contributed by atoms with Gasteiger partial charge in [0.15, 0.2) is 0 Å². The average molecular weight is 229 g/mol. The molecule has 1 rings (SSSR count). The summed E-state index contributed by atoms with van der Waals surface area (Å²) in [6.07, 6.45) is 0. The van der Waals surface area contributed by atoms with Gasteiger partial charge in [-0.05, 0) is 30.2 Å².